The van der Waals surface area contributed by atoms with E-state index in [-0.39, 0.29) is 6.04 Å². The molecule has 1 aliphatic heterocycles. The van der Waals surface area contributed by atoms with Crippen molar-refractivity contribution in [3.63, 3.8) is 0 Å². The van der Waals surface area contributed by atoms with Gasteiger partial charge in [-0.1, -0.05) is 0 Å². The van der Waals surface area contributed by atoms with Crippen LogP contribution < -0.4 is 5.32 Å². The third-order valence-electron chi connectivity index (χ3n) is 3.81. The summed E-state index contributed by atoms with van der Waals surface area (Å²) in [5.74, 6) is 0. The van der Waals surface area contributed by atoms with Crippen molar-refractivity contribution < 1.29 is 8.42 Å². The molecule has 1 unspecified atom stereocenters. The van der Waals surface area contributed by atoms with Gasteiger partial charge in [-0.15, -0.1) is 11.3 Å². The van der Waals surface area contributed by atoms with E-state index < -0.39 is 10.0 Å². The molecule has 0 spiro atoms. The van der Waals surface area contributed by atoms with Crippen molar-refractivity contribution >= 4 is 21.4 Å². The monoisotopic (exact) mass is 317 g/mol. The molecule has 1 N–H and O–H groups in total. The van der Waals surface area contributed by atoms with Gasteiger partial charge in [-0.05, 0) is 44.9 Å². The molecule has 0 radical (unpaired) electrons. The zero-order chi connectivity index (χ0) is 14.8. The van der Waals surface area contributed by atoms with E-state index in [0.717, 1.165) is 30.8 Å². The minimum atomic E-state index is -3.39. The highest BCUT2D eigenvalue weighted by Crippen LogP contribution is 2.27. The molecule has 5 nitrogen and oxygen atoms in total. The van der Waals surface area contributed by atoms with Crippen LogP contribution in [-0.4, -0.2) is 57.9 Å². The van der Waals surface area contributed by atoms with Crippen molar-refractivity contribution in [2.45, 2.75) is 30.3 Å². The Hall–Kier alpha value is -0.470. The Balaban J connectivity index is 2.22. The number of rotatable bonds is 5. The maximum absolute atomic E-state index is 12.8. The number of hydrogen-bond acceptors (Lipinski definition) is 5. The van der Waals surface area contributed by atoms with Gasteiger partial charge in [0.1, 0.15) is 0 Å². The topological polar surface area (TPSA) is 52.7 Å². The van der Waals surface area contributed by atoms with Gasteiger partial charge in [0.25, 0.3) is 0 Å². The van der Waals surface area contributed by atoms with Crippen LogP contribution in [0.5, 0.6) is 0 Å². The molecule has 0 bridgehead atoms. The van der Waals surface area contributed by atoms with Crippen molar-refractivity contribution in [1.29, 1.82) is 0 Å². The van der Waals surface area contributed by atoms with Gasteiger partial charge in [0.15, 0.2) is 0 Å². The first-order valence-corrected chi connectivity index (χ1v) is 9.16. The summed E-state index contributed by atoms with van der Waals surface area (Å²) in [6, 6.07) is 1.79. The molecule has 7 heteroatoms. The van der Waals surface area contributed by atoms with E-state index in [0.29, 0.717) is 11.4 Å². The highest BCUT2D eigenvalue weighted by atomic mass is 32.2. The van der Waals surface area contributed by atoms with Gasteiger partial charge in [0.2, 0.25) is 10.0 Å². The summed E-state index contributed by atoms with van der Waals surface area (Å²) in [4.78, 5) is 3.53. The third kappa shape index (κ3) is 3.23. The second-order valence-electron chi connectivity index (χ2n) is 5.32. The number of nitrogens with zero attached hydrogens (tertiary/aromatic N) is 2. The maximum atomic E-state index is 12.8. The molecule has 1 aromatic heterocycles. The molecular formula is C13H23N3O2S2. The summed E-state index contributed by atoms with van der Waals surface area (Å²) in [7, 11) is 2.19. The minimum absolute atomic E-state index is 0.0704. The van der Waals surface area contributed by atoms with Crippen LogP contribution in [-0.2, 0) is 16.6 Å². The van der Waals surface area contributed by atoms with Crippen molar-refractivity contribution in [2.75, 3.05) is 34.2 Å². The average molecular weight is 317 g/mol. The molecule has 1 atom stereocenters. The first kappa shape index (κ1) is 15.9. The van der Waals surface area contributed by atoms with Gasteiger partial charge in [-0.2, -0.15) is 4.31 Å². The maximum Gasteiger partial charge on any atom is 0.244 e. The fourth-order valence-electron chi connectivity index (χ4n) is 2.64. The number of hydrogen-bond donors (Lipinski definition) is 1. The van der Waals surface area contributed by atoms with Crippen molar-refractivity contribution in [1.82, 2.24) is 14.5 Å². The summed E-state index contributed by atoms with van der Waals surface area (Å²) in [6.07, 6.45) is 1.99. The Bertz CT molecular complexity index is 542. The molecule has 0 aromatic carbocycles. The van der Waals surface area contributed by atoms with Crippen LogP contribution in [0.1, 0.15) is 17.7 Å². The SMILES string of the molecule is CNCc1sccc1S(=O)(=O)N(C)C1CCCN(C)C1. The predicted octanol–water partition coefficient (Wildman–Crippen LogP) is 1.18. The molecule has 1 aromatic rings. The van der Waals surface area contributed by atoms with E-state index in [1.165, 1.54) is 11.3 Å². The standard InChI is InChI=1S/C13H23N3O2S2/c1-14-9-12-13(6-8-19-12)20(17,18)16(3)11-5-4-7-15(2)10-11/h6,8,11,14H,4-5,7,9-10H2,1-3H3. The lowest BCUT2D eigenvalue weighted by atomic mass is 10.1. The zero-order valence-corrected chi connectivity index (χ0v) is 13.9. The Morgan fingerprint density at radius 3 is 2.95 bits per heavy atom. The number of thiophene rings is 1. The summed E-state index contributed by atoms with van der Waals surface area (Å²) in [6.45, 7) is 2.44. The van der Waals surface area contributed by atoms with E-state index in [4.69, 9.17) is 0 Å². The van der Waals surface area contributed by atoms with Crippen LogP contribution in [0.3, 0.4) is 0 Å². The lowest BCUT2D eigenvalue weighted by molar-refractivity contribution is 0.187. The number of sulfonamides is 1. The number of likely N-dealkylation sites (tertiary alicyclic amines) is 1. The van der Waals surface area contributed by atoms with E-state index in [1.54, 1.807) is 17.4 Å². The Morgan fingerprint density at radius 1 is 1.55 bits per heavy atom. The first-order chi connectivity index (χ1) is 9.46. The van der Waals surface area contributed by atoms with Crippen molar-refractivity contribution in [2.24, 2.45) is 0 Å². The molecular weight excluding hydrogens is 294 g/mol. The molecule has 20 heavy (non-hydrogen) atoms. The fourth-order valence-corrected chi connectivity index (χ4v) is 5.44. The lowest BCUT2D eigenvalue weighted by Crippen LogP contribution is -2.47. The molecule has 1 aliphatic rings. The number of nitrogens with one attached hydrogen (secondary N) is 1. The largest absolute Gasteiger partial charge is 0.315 e. The molecule has 0 aliphatic carbocycles. The Kier molecular flexibility index (Phi) is 5.19. The van der Waals surface area contributed by atoms with Gasteiger partial charge in [-0.25, -0.2) is 8.42 Å². The molecule has 114 valence electrons. The third-order valence-corrected chi connectivity index (χ3v) is 6.86. The van der Waals surface area contributed by atoms with Gasteiger partial charge >= 0.3 is 0 Å². The van der Waals surface area contributed by atoms with Crippen molar-refractivity contribution in [3.8, 4) is 0 Å². The van der Waals surface area contributed by atoms with E-state index >= 15 is 0 Å². The summed E-state index contributed by atoms with van der Waals surface area (Å²) < 4.78 is 27.1. The quantitative estimate of drug-likeness (QED) is 0.886. The minimum Gasteiger partial charge on any atom is -0.315 e. The summed E-state index contributed by atoms with van der Waals surface area (Å²) in [5, 5.41) is 4.87. The molecule has 1 fully saturated rings. The highest BCUT2D eigenvalue weighted by Gasteiger charge is 2.32. The molecule has 2 heterocycles. The van der Waals surface area contributed by atoms with Crippen LogP contribution in [0.15, 0.2) is 16.3 Å². The van der Waals surface area contributed by atoms with E-state index in [2.05, 4.69) is 10.2 Å². The van der Waals surface area contributed by atoms with Crippen LogP contribution in [0.25, 0.3) is 0 Å². The smallest absolute Gasteiger partial charge is 0.244 e. The van der Waals surface area contributed by atoms with Crippen LogP contribution >= 0.6 is 11.3 Å². The van der Waals surface area contributed by atoms with Crippen LogP contribution in [0, 0.1) is 0 Å². The normalized spacial score (nSPS) is 21.5. The fraction of sp³-hybridized carbons (Fsp3) is 0.692. The molecule has 1 saturated heterocycles. The van der Waals surface area contributed by atoms with Crippen LogP contribution in [0.4, 0.5) is 0 Å². The lowest BCUT2D eigenvalue weighted by Gasteiger charge is -2.35. The second kappa shape index (κ2) is 6.53. The summed E-state index contributed by atoms with van der Waals surface area (Å²) in [5.41, 5.74) is 0. The van der Waals surface area contributed by atoms with Crippen LogP contribution in [0.2, 0.25) is 0 Å². The second-order valence-corrected chi connectivity index (χ2v) is 8.28. The Labute approximate surface area is 125 Å². The van der Waals surface area contributed by atoms with Gasteiger partial charge in [0, 0.05) is 31.1 Å². The Morgan fingerprint density at radius 2 is 2.30 bits per heavy atom. The van der Waals surface area contributed by atoms with Gasteiger partial charge in [0.05, 0.1) is 4.90 Å². The first-order valence-electron chi connectivity index (χ1n) is 6.84. The van der Waals surface area contributed by atoms with Crippen molar-refractivity contribution in [3.05, 3.63) is 16.3 Å². The number of likely N-dealkylation sites (N-methyl/N-ethyl adjacent to an activating group) is 2. The zero-order valence-electron chi connectivity index (χ0n) is 12.3. The summed E-state index contributed by atoms with van der Waals surface area (Å²) >= 11 is 1.49. The van der Waals surface area contributed by atoms with E-state index in [9.17, 15) is 8.42 Å². The van der Waals surface area contributed by atoms with Gasteiger partial charge in [-0.3, -0.25) is 0 Å². The van der Waals surface area contributed by atoms with Gasteiger partial charge < -0.3 is 10.2 Å². The molecule has 0 saturated carbocycles. The number of piperidine rings is 1. The van der Waals surface area contributed by atoms with E-state index in [1.807, 2.05) is 19.5 Å². The molecule has 2 rings (SSSR count). The predicted molar refractivity (Wildman–Crippen MR) is 82.6 cm³/mol. The molecule has 0 amide bonds. The highest BCUT2D eigenvalue weighted by molar-refractivity contribution is 7.89. The average Bonchev–Trinajstić information content (AvgIpc) is 2.87.